The fourth-order valence-electron chi connectivity index (χ4n) is 5.48. The van der Waals surface area contributed by atoms with Crippen molar-refractivity contribution in [2.45, 2.75) is 24.9 Å². The molecule has 0 radical (unpaired) electrons. The molecule has 2 aliphatic heterocycles. The predicted molar refractivity (Wildman–Crippen MR) is 123 cm³/mol. The second-order valence-electron chi connectivity index (χ2n) is 8.63. The predicted octanol–water partition coefficient (Wildman–Crippen LogP) is 3.48. The van der Waals surface area contributed by atoms with Gasteiger partial charge in [-0.05, 0) is 53.3 Å². The van der Waals surface area contributed by atoms with Gasteiger partial charge in [0.15, 0.2) is 0 Å². The maximum Gasteiger partial charge on any atom is 0.263 e. The lowest BCUT2D eigenvalue weighted by Gasteiger charge is -2.37. The number of halogens is 1. The molecule has 0 unspecified atom stereocenters. The Bertz CT molecular complexity index is 1190. The Morgan fingerprint density at radius 2 is 1.61 bits per heavy atom. The molecule has 1 amide bonds. The lowest BCUT2D eigenvalue weighted by atomic mass is 9.84. The van der Waals surface area contributed by atoms with Crippen LogP contribution in [0.1, 0.15) is 45.6 Å². The zero-order valence-corrected chi connectivity index (χ0v) is 17.8. The van der Waals surface area contributed by atoms with Crippen molar-refractivity contribution in [3.05, 3.63) is 93.4 Å². The summed E-state index contributed by atoms with van der Waals surface area (Å²) in [5.41, 5.74) is 5.55. The van der Waals surface area contributed by atoms with E-state index >= 15 is 0 Å². The van der Waals surface area contributed by atoms with Crippen molar-refractivity contribution in [1.29, 1.82) is 0 Å². The lowest BCUT2D eigenvalue weighted by Crippen LogP contribution is -2.46. The number of benzene rings is 2. The minimum absolute atomic E-state index is 0. The van der Waals surface area contributed by atoms with Crippen molar-refractivity contribution in [2.75, 3.05) is 13.1 Å². The van der Waals surface area contributed by atoms with Crippen molar-refractivity contribution < 1.29 is 4.79 Å². The molecule has 0 spiro atoms. The summed E-state index contributed by atoms with van der Waals surface area (Å²) in [5, 5.41) is 6.60. The molecule has 2 atom stereocenters. The molecule has 31 heavy (non-hydrogen) atoms. The second-order valence-corrected chi connectivity index (χ2v) is 8.63. The average molecular weight is 434 g/mol. The number of amides is 1. The van der Waals surface area contributed by atoms with Gasteiger partial charge in [0.2, 0.25) is 0 Å². The van der Waals surface area contributed by atoms with Crippen LogP contribution in [0, 0.1) is 5.92 Å². The number of nitrogens with one attached hydrogen (secondary N) is 2. The minimum Gasteiger partial charge on any atom is -0.341 e. The van der Waals surface area contributed by atoms with E-state index in [1.807, 2.05) is 47.0 Å². The van der Waals surface area contributed by atoms with Gasteiger partial charge in [0.25, 0.3) is 11.5 Å². The molecule has 158 valence electrons. The number of aromatic nitrogens is 1. The maximum absolute atomic E-state index is 13.2. The van der Waals surface area contributed by atoms with Crippen molar-refractivity contribution in [1.82, 2.24) is 15.2 Å². The zero-order valence-electron chi connectivity index (χ0n) is 17.0. The first kappa shape index (κ1) is 20.0. The normalized spacial score (nSPS) is 20.8. The zero-order chi connectivity index (χ0) is 20.2. The van der Waals surface area contributed by atoms with E-state index in [-0.39, 0.29) is 35.5 Å². The van der Waals surface area contributed by atoms with Crippen LogP contribution in [0.25, 0.3) is 11.1 Å². The van der Waals surface area contributed by atoms with Crippen molar-refractivity contribution >= 4 is 18.3 Å². The molecule has 1 fully saturated rings. The quantitative estimate of drug-likeness (QED) is 0.650. The van der Waals surface area contributed by atoms with Crippen molar-refractivity contribution in [3.63, 3.8) is 0 Å². The number of nitrogens with zero attached hydrogens (tertiary/aromatic N) is 1. The highest BCUT2D eigenvalue weighted by Gasteiger charge is 2.33. The molecule has 1 aromatic heterocycles. The van der Waals surface area contributed by atoms with Crippen LogP contribution in [0.3, 0.4) is 0 Å². The summed E-state index contributed by atoms with van der Waals surface area (Å²) in [5.74, 6) is 0.511. The molecular formula is C25H24ClN3O2. The Hall–Kier alpha value is -2.89. The summed E-state index contributed by atoms with van der Waals surface area (Å²) < 4.78 is 1.84. The summed E-state index contributed by atoms with van der Waals surface area (Å²) in [6.45, 7) is 2.53. The molecule has 2 bridgehead atoms. The molecule has 6 heteroatoms. The Kier molecular flexibility index (Phi) is 4.95. The van der Waals surface area contributed by atoms with Crippen molar-refractivity contribution in [2.24, 2.45) is 5.92 Å². The van der Waals surface area contributed by atoms with Crippen LogP contribution in [0.4, 0.5) is 0 Å². The summed E-state index contributed by atoms with van der Waals surface area (Å²) in [6, 6.07) is 19.7. The Labute approximate surface area is 186 Å². The Morgan fingerprint density at radius 1 is 0.935 bits per heavy atom. The van der Waals surface area contributed by atoms with Gasteiger partial charge in [0.1, 0.15) is 5.56 Å². The third-order valence-corrected chi connectivity index (χ3v) is 6.86. The average Bonchev–Trinajstić information content (AvgIpc) is 3.09. The fraction of sp³-hybridized carbons (Fsp3) is 0.280. The summed E-state index contributed by atoms with van der Waals surface area (Å²) in [6.07, 6.45) is 1.12. The van der Waals surface area contributed by atoms with E-state index in [4.69, 9.17) is 0 Å². The highest BCUT2D eigenvalue weighted by molar-refractivity contribution is 5.95. The molecular weight excluding hydrogens is 410 g/mol. The minimum atomic E-state index is -0.305. The van der Waals surface area contributed by atoms with E-state index in [1.54, 1.807) is 6.07 Å². The van der Waals surface area contributed by atoms with Gasteiger partial charge >= 0.3 is 0 Å². The van der Waals surface area contributed by atoms with E-state index in [2.05, 4.69) is 22.8 Å². The first-order valence-corrected chi connectivity index (χ1v) is 10.6. The number of fused-ring (bicyclic) bond motifs is 7. The van der Waals surface area contributed by atoms with Crippen LogP contribution in [-0.2, 0) is 6.54 Å². The third-order valence-electron chi connectivity index (χ3n) is 6.86. The topological polar surface area (TPSA) is 63.1 Å². The van der Waals surface area contributed by atoms with Gasteiger partial charge in [0, 0.05) is 24.7 Å². The number of hydrogen-bond acceptors (Lipinski definition) is 3. The first-order valence-electron chi connectivity index (χ1n) is 10.6. The Morgan fingerprint density at radius 3 is 2.32 bits per heavy atom. The highest BCUT2D eigenvalue weighted by Crippen LogP contribution is 2.43. The molecule has 3 aromatic rings. The van der Waals surface area contributed by atoms with E-state index < -0.39 is 0 Å². The monoisotopic (exact) mass is 433 g/mol. The maximum atomic E-state index is 13.2. The Balaban J connectivity index is 0.00000204. The number of piperidine rings is 1. The molecule has 6 rings (SSSR count). The molecule has 2 aromatic carbocycles. The number of rotatable bonds is 2. The molecule has 5 nitrogen and oxygen atoms in total. The largest absolute Gasteiger partial charge is 0.341 e. The molecule has 1 saturated heterocycles. The van der Waals surface area contributed by atoms with Crippen LogP contribution in [0.2, 0.25) is 0 Å². The molecule has 0 saturated carbocycles. The van der Waals surface area contributed by atoms with Crippen LogP contribution in [0.15, 0.2) is 65.5 Å². The summed E-state index contributed by atoms with van der Waals surface area (Å²) in [4.78, 5) is 26.5. The van der Waals surface area contributed by atoms with Crippen LogP contribution in [0.5, 0.6) is 0 Å². The third kappa shape index (κ3) is 3.11. The lowest BCUT2D eigenvalue weighted by molar-refractivity contribution is 0.0940. The molecule has 1 aliphatic carbocycles. The van der Waals surface area contributed by atoms with E-state index in [1.165, 1.54) is 0 Å². The van der Waals surface area contributed by atoms with Gasteiger partial charge in [-0.2, -0.15) is 0 Å². The van der Waals surface area contributed by atoms with E-state index in [9.17, 15) is 9.59 Å². The molecule has 3 heterocycles. The molecule has 2 N–H and O–H groups in total. The van der Waals surface area contributed by atoms with Gasteiger partial charge in [-0.15, -0.1) is 12.4 Å². The summed E-state index contributed by atoms with van der Waals surface area (Å²) >= 11 is 0. The standard InChI is InChI=1S/C25H23N3O2.ClH/c29-24(21-9-10-22-16-11-15(12-26-13-16)14-28(22)25(21)30)27-23-19-7-3-1-5-17(19)18-6-2-4-8-20(18)23;/h1-10,15-16,23,26H,11-14H2,(H,27,29);1H/t15-,16+;/m0./s1. The number of hydrogen-bond donors (Lipinski definition) is 2. The van der Waals surface area contributed by atoms with Crippen molar-refractivity contribution in [3.8, 4) is 11.1 Å². The van der Waals surface area contributed by atoms with Gasteiger partial charge in [-0.25, -0.2) is 0 Å². The number of pyridine rings is 1. The van der Waals surface area contributed by atoms with Gasteiger partial charge in [-0.1, -0.05) is 48.5 Å². The van der Waals surface area contributed by atoms with Crippen LogP contribution < -0.4 is 16.2 Å². The highest BCUT2D eigenvalue weighted by atomic mass is 35.5. The van der Waals surface area contributed by atoms with E-state index in [0.717, 1.165) is 47.5 Å². The SMILES string of the molecule is Cl.O=C(NC1c2ccccc2-c2ccccc21)c1ccc2n(c1=O)C[C@@H]1CNC[C@H]2C1. The number of carbonyl (C=O) groups excluding carboxylic acids is 1. The van der Waals surface area contributed by atoms with Gasteiger partial charge < -0.3 is 15.2 Å². The molecule has 3 aliphatic rings. The second kappa shape index (κ2) is 7.66. The first-order chi connectivity index (χ1) is 14.7. The smallest absolute Gasteiger partial charge is 0.263 e. The van der Waals surface area contributed by atoms with Crippen LogP contribution in [-0.4, -0.2) is 23.6 Å². The van der Waals surface area contributed by atoms with Gasteiger partial charge in [-0.3, -0.25) is 9.59 Å². The van der Waals surface area contributed by atoms with Crippen LogP contribution >= 0.6 is 12.4 Å². The van der Waals surface area contributed by atoms with Gasteiger partial charge in [0.05, 0.1) is 6.04 Å². The van der Waals surface area contributed by atoms with E-state index in [0.29, 0.717) is 18.4 Å². The fourth-order valence-corrected chi connectivity index (χ4v) is 5.48. The number of carbonyl (C=O) groups is 1. The summed E-state index contributed by atoms with van der Waals surface area (Å²) in [7, 11) is 0.